The molecule has 3 heterocycles. The van der Waals surface area contributed by atoms with E-state index >= 15 is 0 Å². The van der Waals surface area contributed by atoms with Gasteiger partial charge in [0, 0.05) is 24.7 Å². The first-order valence-corrected chi connectivity index (χ1v) is 11.1. The maximum atomic E-state index is 12.6. The van der Waals surface area contributed by atoms with Crippen molar-refractivity contribution in [1.82, 2.24) is 19.4 Å². The van der Waals surface area contributed by atoms with Crippen LogP contribution in [0.15, 0.2) is 32.8 Å². The molecule has 2 aromatic rings. The monoisotopic (exact) mass is 396 g/mol. The normalized spacial score (nSPS) is 16.7. The van der Waals surface area contributed by atoms with Gasteiger partial charge in [0.2, 0.25) is 15.9 Å². The standard InChI is InChI=1S/C17H24N4O3S2/c1-17(2,3)16-19-14(20-24-16)12-25-15-8-7-13(11-18-15)26(22,23)21-9-5-4-6-10-21/h7-8,11H,4-6,9-10,12H2,1-3H3. The highest BCUT2D eigenvalue weighted by molar-refractivity contribution is 7.98. The van der Waals surface area contributed by atoms with Gasteiger partial charge in [-0.05, 0) is 25.0 Å². The maximum Gasteiger partial charge on any atom is 0.244 e. The summed E-state index contributed by atoms with van der Waals surface area (Å²) < 4.78 is 32.1. The Balaban J connectivity index is 1.63. The zero-order valence-corrected chi connectivity index (χ0v) is 16.9. The number of hydrogen-bond acceptors (Lipinski definition) is 7. The van der Waals surface area contributed by atoms with Crippen LogP contribution in [0.1, 0.15) is 51.7 Å². The van der Waals surface area contributed by atoms with Gasteiger partial charge < -0.3 is 4.52 Å². The molecule has 3 rings (SSSR count). The van der Waals surface area contributed by atoms with E-state index in [1.807, 2.05) is 20.8 Å². The average molecular weight is 397 g/mol. The molecule has 0 aromatic carbocycles. The van der Waals surface area contributed by atoms with Crippen molar-refractivity contribution in [3.63, 3.8) is 0 Å². The van der Waals surface area contributed by atoms with Gasteiger partial charge in [-0.3, -0.25) is 0 Å². The average Bonchev–Trinajstić information content (AvgIpc) is 3.10. The molecule has 1 aliphatic heterocycles. The first-order chi connectivity index (χ1) is 12.3. The van der Waals surface area contributed by atoms with Gasteiger partial charge in [-0.1, -0.05) is 44.1 Å². The Bertz CT molecular complexity index is 836. The Hall–Kier alpha value is -1.45. The summed E-state index contributed by atoms with van der Waals surface area (Å²) in [6.45, 7) is 7.22. The van der Waals surface area contributed by atoms with Crippen LogP contribution < -0.4 is 0 Å². The second-order valence-electron chi connectivity index (χ2n) is 7.35. The van der Waals surface area contributed by atoms with Crippen LogP contribution in [0.4, 0.5) is 0 Å². The summed E-state index contributed by atoms with van der Waals surface area (Å²) in [6.07, 6.45) is 4.36. The third-order valence-corrected chi connectivity index (χ3v) is 6.94. The summed E-state index contributed by atoms with van der Waals surface area (Å²) in [5, 5.41) is 4.70. The molecule has 9 heteroatoms. The number of piperidine rings is 1. The van der Waals surface area contributed by atoms with Crippen LogP contribution in [0.3, 0.4) is 0 Å². The van der Waals surface area contributed by atoms with Gasteiger partial charge in [0.25, 0.3) is 0 Å². The van der Waals surface area contributed by atoms with Crippen molar-refractivity contribution in [3.8, 4) is 0 Å². The first kappa shape index (κ1) is 19.3. The zero-order chi connectivity index (χ0) is 18.8. The molecule has 0 spiro atoms. The van der Waals surface area contributed by atoms with Crippen LogP contribution in [0.5, 0.6) is 0 Å². The highest BCUT2D eigenvalue weighted by atomic mass is 32.2. The van der Waals surface area contributed by atoms with Crippen molar-refractivity contribution in [2.24, 2.45) is 0 Å². The number of thioether (sulfide) groups is 1. The van der Waals surface area contributed by atoms with E-state index in [0.717, 1.165) is 24.3 Å². The lowest BCUT2D eigenvalue weighted by Crippen LogP contribution is -2.35. The van der Waals surface area contributed by atoms with Crippen molar-refractivity contribution in [1.29, 1.82) is 0 Å². The predicted molar refractivity (Wildman–Crippen MR) is 99.4 cm³/mol. The van der Waals surface area contributed by atoms with E-state index in [1.165, 1.54) is 18.0 Å². The van der Waals surface area contributed by atoms with Gasteiger partial charge in [-0.25, -0.2) is 13.4 Å². The van der Waals surface area contributed by atoms with Crippen LogP contribution in [0, 0.1) is 0 Å². The number of pyridine rings is 1. The molecule has 0 aliphatic carbocycles. The molecular weight excluding hydrogens is 372 g/mol. The van der Waals surface area contributed by atoms with Gasteiger partial charge in [0.1, 0.15) is 4.90 Å². The molecule has 142 valence electrons. The number of aromatic nitrogens is 3. The summed E-state index contributed by atoms with van der Waals surface area (Å²) in [7, 11) is -3.44. The van der Waals surface area contributed by atoms with Crippen molar-refractivity contribution < 1.29 is 12.9 Å². The Morgan fingerprint density at radius 3 is 2.50 bits per heavy atom. The van der Waals surface area contributed by atoms with Crippen molar-refractivity contribution in [2.75, 3.05) is 13.1 Å². The SMILES string of the molecule is CC(C)(C)c1nc(CSc2ccc(S(=O)(=O)N3CCCCC3)cn2)no1. The Morgan fingerprint density at radius 2 is 1.92 bits per heavy atom. The zero-order valence-electron chi connectivity index (χ0n) is 15.3. The molecule has 1 saturated heterocycles. The fourth-order valence-electron chi connectivity index (χ4n) is 2.61. The highest BCUT2D eigenvalue weighted by Crippen LogP contribution is 2.25. The van der Waals surface area contributed by atoms with E-state index in [-0.39, 0.29) is 10.3 Å². The minimum atomic E-state index is -3.44. The van der Waals surface area contributed by atoms with Gasteiger partial charge in [-0.2, -0.15) is 9.29 Å². The summed E-state index contributed by atoms with van der Waals surface area (Å²) in [6, 6.07) is 3.35. The lowest BCUT2D eigenvalue weighted by Gasteiger charge is -2.25. The first-order valence-electron chi connectivity index (χ1n) is 8.69. The lowest BCUT2D eigenvalue weighted by atomic mass is 9.97. The third kappa shape index (κ3) is 4.44. The predicted octanol–water partition coefficient (Wildman–Crippen LogP) is 3.23. The topological polar surface area (TPSA) is 89.2 Å². The van der Waals surface area contributed by atoms with Gasteiger partial charge in [0.15, 0.2) is 5.82 Å². The number of sulfonamides is 1. The van der Waals surface area contributed by atoms with Crippen LogP contribution >= 0.6 is 11.8 Å². The smallest absolute Gasteiger partial charge is 0.244 e. The lowest BCUT2D eigenvalue weighted by molar-refractivity contribution is 0.319. The van der Waals surface area contributed by atoms with E-state index < -0.39 is 10.0 Å². The molecule has 7 nitrogen and oxygen atoms in total. The van der Waals surface area contributed by atoms with Gasteiger partial charge in [-0.15, -0.1) is 0 Å². The van der Waals surface area contributed by atoms with Crippen LogP contribution in [-0.4, -0.2) is 40.9 Å². The fraction of sp³-hybridized carbons (Fsp3) is 0.588. The fourth-order valence-corrected chi connectivity index (χ4v) is 4.76. The Kier molecular flexibility index (Phi) is 5.69. The van der Waals surface area contributed by atoms with Crippen molar-refractivity contribution in [3.05, 3.63) is 30.0 Å². The van der Waals surface area contributed by atoms with E-state index in [4.69, 9.17) is 4.52 Å². The van der Waals surface area contributed by atoms with Crippen LogP contribution in [0.2, 0.25) is 0 Å². The molecule has 2 aromatic heterocycles. The van der Waals surface area contributed by atoms with E-state index in [2.05, 4.69) is 15.1 Å². The van der Waals surface area contributed by atoms with E-state index in [1.54, 1.807) is 16.4 Å². The molecule has 1 fully saturated rings. The molecule has 0 radical (unpaired) electrons. The van der Waals surface area contributed by atoms with Crippen LogP contribution in [-0.2, 0) is 21.2 Å². The highest BCUT2D eigenvalue weighted by Gasteiger charge is 2.26. The molecule has 0 bridgehead atoms. The van der Waals surface area contributed by atoms with E-state index in [0.29, 0.717) is 30.6 Å². The largest absolute Gasteiger partial charge is 0.339 e. The third-order valence-electron chi connectivity index (χ3n) is 4.12. The second-order valence-corrected chi connectivity index (χ2v) is 10.3. The maximum absolute atomic E-state index is 12.6. The molecule has 1 aliphatic rings. The van der Waals surface area contributed by atoms with Gasteiger partial charge >= 0.3 is 0 Å². The number of hydrogen-bond donors (Lipinski definition) is 0. The molecule has 26 heavy (non-hydrogen) atoms. The molecule has 0 amide bonds. The molecule has 0 saturated carbocycles. The Labute approximate surface area is 158 Å². The molecule has 0 unspecified atom stereocenters. The summed E-state index contributed by atoms with van der Waals surface area (Å²) >= 11 is 1.45. The Morgan fingerprint density at radius 1 is 1.19 bits per heavy atom. The number of nitrogens with zero attached hydrogens (tertiary/aromatic N) is 4. The second kappa shape index (κ2) is 7.66. The quantitative estimate of drug-likeness (QED) is 0.717. The van der Waals surface area contributed by atoms with Crippen LogP contribution in [0.25, 0.3) is 0 Å². The summed E-state index contributed by atoms with van der Waals surface area (Å²) in [5.41, 5.74) is -0.182. The summed E-state index contributed by atoms with van der Waals surface area (Å²) in [4.78, 5) is 8.92. The van der Waals surface area contributed by atoms with E-state index in [9.17, 15) is 8.42 Å². The van der Waals surface area contributed by atoms with Crippen molar-refractivity contribution in [2.45, 2.75) is 61.1 Å². The van der Waals surface area contributed by atoms with Gasteiger partial charge in [0.05, 0.1) is 10.8 Å². The number of rotatable bonds is 5. The molecular formula is C17H24N4O3S2. The van der Waals surface area contributed by atoms with Crippen molar-refractivity contribution >= 4 is 21.8 Å². The summed E-state index contributed by atoms with van der Waals surface area (Å²) in [5.74, 6) is 1.72. The minimum absolute atomic E-state index is 0.182. The molecule has 0 N–H and O–H groups in total. The molecule has 0 atom stereocenters. The minimum Gasteiger partial charge on any atom is -0.339 e.